The second kappa shape index (κ2) is 7.88. The Morgan fingerprint density at radius 1 is 1.10 bits per heavy atom. The first kappa shape index (κ1) is 16.5. The molecule has 1 rings (SSSR count). The van der Waals surface area contributed by atoms with E-state index in [4.69, 9.17) is 15.9 Å². The number of aliphatic carboxylic acids is 2. The lowest BCUT2D eigenvalue weighted by molar-refractivity contribution is -0.143. The zero-order valence-corrected chi connectivity index (χ0v) is 11.4. The molecule has 114 valence electrons. The van der Waals surface area contributed by atoms with Crippen molar-refractivity contribution in [3.63, 3.8) is 0 Å². The molecule has 0 aliphatic rings. The van der Waals surface area contributed by atoms with Gasteiger partial charge in [0.05, 0.1) is 0 Å². The lowest BCUT2D eigenvalue weighted by Gasteiger charge is -2.13. The van der Waals surface area contributed by atoms with Gasteiger partial charge in [-0.15, -0.1) is 0 Å². The van der Waals surface area contributed by atoms with Crippen molar-refractivity contribution in [1.29, 1.82) is 0 Å². The Bertz CT molecular complexity index is 513. The molecule has 7 heteroatoms. The van der Waals surface area contributed by atoms with Gasteiger partial charge in [0.1, 0.15) is 6.04 Å². The van der Waals surface area contributed by atoms with Crippen LogP contribution in [0.4, 0.5) is 5.69 Å². The highest BCUT2D eigenvalue weighted by molar-refractivity contribution is 5.84. The SMILES string of the molecule is Nc1ccc(CCC(=O)N[C@@H](CCC(=O)O)C(=O)O)cc1. The molecule has 0 fully saturated rings. The molecule has 21 heavy (non-hydrogen) atoms. The van der Waals surface area contributed by atoms with Gasteiger partial charge in [-0.25, -0.2) is 4.79 Å². The minimum atomic E-state index is -1.24. The number of anilines is 1. The average Bonchev–Trinajstić information content (AvgIpc) is 2.42. The molecule has 0 bridgehead atoms. The van der Waals surface area contributed by atoms with Gasteiger partial charge in [-0.3, -0.25) is 9.59 Å². The molecule has 1 amide bonds. The minimum absolute atomic E-state index is 0.126. The van der Waals surface area contributed by atoms with Crippen LogP contribution in [0.2, 0.25) is 0 Å². The van der Waals surface area contributed by atoms with E-state index >= 15 is 0 Å². The Kier molecular flexibility index (Phi) is 6.19. The van der Waals surface area contributed by atoms with Gasteiger partial charge in [-0.05, 0) is 30.5 Å². The van der Waals surface area contributed by atoms with Crippen molar-refractivity contribution >= 4 is 23.5 Å². The van der Waals surface area contributed by atoms with Gasteiger partial charge in [0.15, 0.2) is 0 Å². The largest absolute Gasteiger partial charge is 0.481 e. The maximum Gasteiger partial charge on any atom is 0.326 e. The molecule has 0 saturated heterocycles. The van der Waals surface area contributed by atoms with Crippen LogP contribution >= 0.6 is 0 Å². The van der Waals surface area contributed by atoms with Crippen molar-refractivity contribution in [1.82, 2.24) is 5.32 Å². The number of benzene rings is 1. The number of carbonyl (C=O) groups excluding carboxylic acids is 1. The van der Waals surface area contributed by atoms with Crippen LogP contribution in [0, 0.1) is 0 Å². The molecular weight excluding hydrogens is 276 g/mol. The number of carboxylic acids is 2. The van der Waals surface area contributed by atoms with E-state index < -0.39 is 23.9 Å². The van der Waals surface area contributed by atoms with E-state index in [9.17, 15) is 14.4 Å². The maximum absolute atomic E-state index is 11.7. The zero-order valence-electron chi connectivity index (χ0n) is 11.4. The second-order valence-electron chi connectivity index (χ2n) is 4.63. The number of nitrogens with two attached hydrogens (primary N) is 1. The molecule has 1 atom stereocenters. The summed E-state index contributed by atoms with van der Waals surface area (Å²) in [4.78, 5) is 33.1. The lowest BCUT2D eigenvalue weighted by atomic mass is 10.1. The molecule has 0 heterocycles. The molecule has 0 aromatic heterocycles. The summed E-state index contributed by atoms with van der Waals surface area (Å²) in [6.07, 6.45) is 0.131. The number of amides is 1. The van der Waals surface area contributed by atoms with Crippen LogP contribution in [-0.2, 0) is 20.8 Å². The lowest BCUT2D eigenvalue weighted by Crippen LogP contribution is -2.41. The highest BCUT2D eigenvalue weighted by Gasteiger charge is 2.20. The highest BCUT2D eigenvalue weighted by atomic mass is 16.4. The normalized spacial score (nSPS) is 11.6. The summed E-state index contributed by atoms with van der Waals surface area (Å²) in [7, 11) is 0. The highest BCUT2D eigenvalue weighted by Crippen LogP contribution is 2.08. The monoisotopic (exact) mass is 294 g/mol. The van der Waals surface area contributed by atoms with Crippen LogP contribution < -0.4 is 11.1 Å². The Morgan fingerprint density at radius 2 is 1.71 bits per heavy atom. The number of nitrogens with one attached hydrogen (secondary N) is 1. The molecule has 0 aliphatic heterocycles. The fourth-order valence-electron chi connectivity index (χ4n) is 1.73. The predicted molar refractivity (Wildman–Crippen MR) is 75.6 cm³/mol. The summed E-state index contributed by atoms with van der Waals surface area (Å²) < 4.78 is 0. The summed E-state index contributed by atoms with van der Waals surface area (Å²) in [5.74, 6) is -2.76. The predicted octanol–water partition coefficient (Wildman–Crippen LogP) is 0.636. The van der Waals surface area contributed by atoms with Crippen LogP contribution in [0.3, 0.4) is 0 Å². The van der Waals surface area contributed by atoms with E-state index in [0.29, 0.717) is 12.1 Å². The molecule has 5 N–H and O–H groups in total. The smallest absolute Gasteiger partial charge is 0.326 e. The minimum Gasteiger partial charge on any atom is -0.481 e. The Balaban J connectivity index is 2.44. The van der Waals surface area contributed by atoms with Gasteiger partial charge in [0.2, 0.25) is 5.91 Å². The van der Waals surface area contributed by atoms with Gasteiger partial charge < -0.3 is 21.3 Å². The Labute approximate surface area is 121 Å². The summed E-state index contributed by atoms with van der Waals surface area (Å²) in [5, 5.41) is 19.8. The van der Waals surface area contributed by atoms with Crippen molar-refractivity contribution in [2.75, 3.05) is 5.73 Å². The topological polar surface area (TPSA) is 130 Å². The summed E-state index contributed by atoms with van der Waals surface area (Å²) in [5.41, 5.74) is 7.09. The van der Waals surface area contributed by atoms with Gasteiger partial charge in [0.25, 0.3) is 0 Å². The summed E-state index contributed by atoms with van der Waals surface area (Å²) >= 11 is 0. The van der Waals surface area contributed by atoms with Crippen molar-refractivity contribution < 1.29 is 24.6 Å². The van der Waals surface area contributed by atoms with E-state index in [1.165, 1.54) is 0 Å². The fourth-order valence-corrected chi connectivity index (χ4v) is 1.73. The number of hydrogen-bond donors (Lipinski definition) is 4. The first-order valence-electron chi connectivity index (χ1n) is 6.47. The quantitative estimate of drug-likeness (QED) is 0.520. The molecule has 0 unspecified atom stereocenters. The third kappa shape index (κ3) is 6.42. The molecule has 7 nitrogen and oxygen atoms in total. The molecular formula is C14H18N2O5. The van der Waals surface area contributed by atoms with Gasteiger partial charge >= 0.3 is 11.9 Å². The number of aryl methyl sites for hydroxylation is 1. The molecule has 0 aliphatic carbocycles. The summed E-state index contributed by atoms with van der Waals surface area (Å²) in [6.45, 7) is 0. The Hall–Kier alpha value is -2.57. The summed E-state index contributed by atoms with van der Waals surface area (Å²) in [6, 6.07) is 5.85. The van der Waals surface area contributed by atoms with Crippen LogP contribution in [0.5, 0.6) is 0 Å². The third-order valence-electron chi connectivity index (χ3n) is 2.90. The second-order valence-corrected chi connectivity index (χ2v) is 4.63. The van der Waals surface area contributed by atoms with Crippen LogP contribution in [0.25, 0.3) is 0 Å². The van der Waals surface area contributed by atoms with Gasteiger partial charge in [0, 0.05) is 18.5 Å². The Morgan fingerprint density at radius 3 is 2.24 bits per heavy atom. The van der Waals surface area contributed by atoms with Gasteiger partial charge in [-0.2, -0.15) is 0 Å². The van der Waals surface area contributed by atoms with Crippen LogP contribution in [-0.4, -0.2) is 34.1 Å². The van der Waals surface area contributed by atoms with E-state index in [0.717, 1.165) is 5.56 Å². The van der Waals surface area contributed by atoms with Crippen molar-refractivity contribution in [2.45, 2.75) is 31.7 Å². The number of hydrogen-bond acceptors (Lipinski definition) is 4. The molecule has 0 saturated carbocycles. The molecule has 0 radical (unpaired) electrons. The van der Waals surface area contributed by atoms with Crippen molar-refractivity contribution in [2.24, 2.45) is 0 Å². The number of rotatable bonds is 8. The van der Waals surface area contributed by atoms with E-state index in [1.807, 2.05) is 0 Å². The molecule has 1 aromatic rings. The fraction of sp³-hybridized carbons (Fsp3) is 0.357. The van der Waals surface area contributed by atoms with E-state index in [1.54, 1.807) is 24.3 Å². The number of carboxylic acid groups (broad SMARTS) is 2. The average molecular weight is 294 g/mol. The van der Waals surface area contributed by atoms with Gasteiger partial charge in [-0.1, -0.05) is 12.1 Å². The third-order valence-corrected chi connectivity index (χ3v) is 2.90. The number of carbonyl (C=O) groups is 3. The van der Waals surface area contributed by atoms with E-state index in [2.05, 4.69) is 5.32 Å². The van der Waals surface area contributed by atoms with Crippen molar-refractivity contribution in [3.8, 4) is 0 Å². The number of nitrogen functional groups attached to an aromatic ring is 1. The van der Waals surface area contributed by atoms with E-state index in [-0.39, 0.29) is 19.3 Å². The van der Waals surface area contributed by atoms with Crippen LogP contribution in [0.15, 0.2) is 24.3 Å². The maximum atomic E-state index is 11.7. The molecule has 0 spiro atoms. The first-order valence-corrected chi connectivity index (χ1v) is 6.47. The zero-order chi connectivity index (χ0) is 15.8. The van der Waals surface area contributed by atoms with Crippen molar-refractivity contribution in [3.05, 3.63) is 29.8 Å². The molecule has 1 aromatic carbocycles. The standard InChI is InChI=1S/C14H18N2O5/c15-10-4-1-9(2-5-10)3-7-12(17)16-11(14(20)21)6-8-13(18)19/h1-2,4-5,11H,3,6-8,15H2,(H,16,17)(H,18,19)(H,20,21)/t11-/m0/s1. The van der Waals surface area contributed by atoms with Crippen LogP contribution in [0.1, 0.15) is 24.8 Å². The first-order chi connectivity index (χ1) is 9.88.